The molecule has 0 aliphatic carbocycles. The molecule has 1 amide bonds. The number of rotatable bonds is 6. The van der Waals surface area contributed by atoms with Crippen LogP contribution in [0.4, 0.5) is 0 Å². The Kier molecular flexibility index (Phi) is 6.72. The number of sulfonamides is 1. The van der Waals surface area contributed by atoms with Gasteiger partial charge in [0, 0.05) is 26.2 Å². The average Bonchev–Trinajstić information content (AvgIpc) is 2.69. The average molecular weight is 422 g/mol. The summed E-state index contributed by atoms with van der Waals surface area (Å²) in [5, 5.41) is 3.21. The topological polar surface area (TPSA) is 69.7 Å². The molecule has 1 N–H and O–H groups in total. The van der Waals surface area contributed by atoms with Crippen molar-refractivity contribution in [3.8, 4) is 0 Å². The predicted octanol–water partition coefficient (Wildman–Crippen LogP) is 2.52. The smallest absolute Gasteiger partial charge is 0.244 e. The Labute approximate surface area is 171 Å². The van der Waals surface area contributed by atoms with Gasteiger partial charge in [-0.1, -0.05) is 54.1 Å². The van der Waals surface area contributed by atoms with Crippen LogP contribution in [0.15, 0.2) is 59.5 Å². The van der Waals surface area contributed by atoms with E-state index in [0.29, 0.717) is 26.2 Å². The van der Waals surface area contributed by atoms with Crippen LogP contribution in [0.25, 0.3) is 0 Å². The third-order valence-electron chi connectivity index (χ3n) is 4.83. The molecule has 1 heterocycles. The van der Waals surface area contributed by atoms with Crippen molar-refractivity contribution in [3.05, 3.63) is 65.2 Å². The highest BCUT2D eigenvalue weighted by atomic mass is 35.5. The number of amides is 1. The first-order chi connectivity index (χ1) is 13.4. The monoisotopic (exact) mass is 421 g/mol. The molecule has 2 aromatic carbocycles. The van der Waals surface area contributed by atoms with Crippen molar-refractivity contribution in [2.75, 3.05) is 32.7 Å². The molecule has 1 saturated heterocycles. The molecule has 0 spiro atoms. The zero-order chi connectivity index (χ0) is 20.1. The molecule has 0 radical (unpaired) electrons. The number of nitrogens with one attached hydrogen (secondary N) is 1. The Morgan fingerprint density at radius 3 is 2.29 bits per heavy atom. The summed E-state index contributed by atoms with van der Waals surface area (Å²) in [6.45, 7) is 3.84. The fraction of sp³-hybridized carbons (Fsp3) is 0.350. The van der Waals surface area contributed by atoms with E-state index in [1.165, 1.54) is 10.4 Å². The van der Waals surface area contributed by atoms with Crippen LogP contribution in [-0.4, -0.2) is 56.3 Å². The summed E-state index contributed by atoms with van der Waals surface area (Å²) < 4.78 is 27.0. The van der Waals surface area contributed by atoms with E-state index < -0.39 is 10.0 Å². The molecule has 1 aliphatic heterocycles. The first-order valence-corrected chi connectivity index (χ1v) is 11.0. The molecule has 1 atom stereocenters. The molecule has 0 bridgehead atoms. The van der Waals surface area contributed by atoms with Gasteiger partial charge >= 0.3 is 0 Å². The van der Waals surface area contributed by atoms with Crippen LogP contribution in [-0.2, 0) is 14.8 Å². The molecule has 1 aliphatic rings. The Hall–Kier alpha value is -1.93. The molecule has 28 heavy (non-hydrogen) atoms. The lowest BCUT2D eigenvalue weighted by Crippen LogP contribution is -2.51. The van der Waals surface area contributed by atoms with Gasteiger partial charge in [-0.15, -0.1) is 0 Å². The number of carbonyl (C=O) groups excluding carboxylic acids is 1. The highest BCUT2D eigenvalue weighted by Gasteiger charge is 2.30. The van der Waals surface area contributed by atoms with Crippen molar-refractivity contribution in [3.63, 3.8) is 0 Å². The van der Waals surface area contributed by atoms with Gasteiger partial charge in [-0.25, -0.2) is 8.42 Å². The summed E-state index contributed by atoms with van der Waals surface area (Å²) in [4.78, 5) is 14.4. The standard InChI is InChI=1S/C20H24ClN3O3S/c1-16(17-7-3-2-4-8-17)22-20(25)15-23-11-13-24(14-12-23)28(26,27)19-10-6-5-9-18(19)21/h2-10,16H,11-15H2,1H3,(H,22,25)/t16-/m1/s1. The number of hydrogen-bond acceptors (Lipinski definition) is 4. The molecule has 150 valence electrons. The van der Waals surface area contributed by atoms with Gasteiger partial charge in [-0.2, -0.15) is 4.31 Å². The lowest BCUT2D eigenvalue weighted by Gasteiger charge is -2.33. The number of piperazine rings is 1. The van der Waals surface area contributed by atoms with Gasteiger partial charge in [0.1, 0.15) is 4.90 Å². The second kappa shape index (κ2) is 9.05. The third kappa shape index (κ3) is 4.91. The normalized spacial score (nSPS) is 17.2. The van der Waals surface area contributed by atoms with Gasteiger partial charge in [0.05, 0.1) is 17.6 Å². The molecule has 1 fully saturated rings. The second-order valence-electron chi connectivity index (χ2n) is 6.81. The Morgan fingerprint density at radius 2 is 1.64 bits per heavy atom. The fourth-order valence-electron chi connectivity index (χ4n) is 3.24. The minimum absolute atomic E-state index is 0.0706. The molecule has 6 nitrogen and oxygen atoms in total. The van der Waals surface area contributed by atoms with Crippen LogP contribution < -0.4 is 5.32 Å². The third-order valence-corrected chi connectivity index (χ3v) is 7.23. The van der Waals surface area contributed by atoms with Crippen molar-refractivity contribution in [2.24, 2.45) is 0 Å². The first kappa shape index (κ1) is 20.8. The molecule has 0 aromatic heterocycles. The zero-order valence-electron chi connectivity index (χ0n) is 15.7. The van der Waals surface area contributed by atoms with Crippen molar-refractivity contribution >= 4 is 27.5 Å². The minimum Gasteiger partial charge on any atom is -0.348 e. The van der Waals surface area contributed by atoms with Crippen LogP contribution in [0.5, 0.6) is 0 Å². The molecule has 3 rings (SSSR count). The van der Waals surface area contributed by atoms with Gasteiger partial charge in [0.25, 0.3) is 0 Å². The summed E-state index contributed by atoms with van der Waals surface area (Å²) in [6.07, 6.45) is 0. The number of halogens is 1. The molecule has 0 saturated carbocycles. The van der Waals surface area contributed by atoms with E-state index in [2.05, 4.69) is 5.32 Å². The Bertz CT molecular complexity index is 913. The van der Waals surface area contributed by atoms with E-state index in [1.54, 1.807) is 18.2 Å². The molecule has 2 aromatic rings. The molecular weight excluding hydrogens is 398 g/mol. The highest BCUT2D eigenvalue weighted by molar-refractivity contribution is 7.89. The largest absolute Gasteiger partial charge is 0.348 e. The Morgan fingerprint density at radius 1 is 1.04 bits per heavy atom. The van der Waals surface area contributed by atoms with Gasteiger partial charge in [-0.05, 0) is 24.6 Å². The quantitative estimate of drug-likeness (QED) is 0.778. The minimum atomic E-state index is -3.63. The van der Waals surface area contributed by atoms with Crippen LogP contribution in [0.2, 0.25) is 5.02 Å². The lowest BCUT2D eigenvalue weighted by molar-refractivity contribution is -0.123. The first-order valence-electron chi connectivity index (χ1n) is 9.19. The van der Waals surface area contributed by atoms with Gasteiger partial charge in [0.15, 0.2) is 0 Å². The SMILES string of the molecule is C[C@@H](NC(=O)CN1CCN(S(=O)(=O)c2ccccc2Cl)CC1)c1ccccc1. The maximum Gasteiger partial charge on any atom is 0.244 e. The summed E-state index contributed by atoms with van der Waals surface area (Å²) in [5.41, 5.74) is 1.05. The van der Waals surface area contributed by atoms with E-state index >= 15 is 0 Å². The lowest BCUT2D eigenvalue weighted by atomic mass is 10.1. The van der Waals surface area contributed by atoms with Crippen LogP contribution in [0, 0.1) is 0 Å². The van der Waals surface area contributed by atoms with Crippen molar-refractivity contribution < 1.29 is 13.2 Å². The van der Waals surface area contributed by atoms with Gasteiger partial charge in [0.2, 0.25) is 15.9 Å². The van der Waals surface area contributed by atoms with E-state index in [9.17, 15) is 13.2 Å². The molecular formula is C20H24ClN3O3S. The van der Waals surface area contributed by atoms with Crippen molar-refractivity contribution in [1.82, 2.24) is 14.5 Å². The van der Waals surface area contributed by atoms with E-state index in [0.717, 1.165) is 5.56 Å². The summed E-state index contributed by atoms with van der Waals surface area (Å²) in [7, 11) is -3.63. The number of benzene rings is 2. The zero-order valence-corrected chi connectivity index (χ0v) is 17.3. The van der Waals surface area contributed by atoms with Crippen LogP contribution in [0.1, 0.15) is 18.5 Å². The highest BCUT2D eigenvalue weighted by Crippen LogP contribution is 2.25. The number of nitrogens with zero attached hydrogens (tertiary/aromatic N) is 2. The second-order valence-corrected chi connectivity index (χ2v) is 9.12. The van der Waals surface area contributed by atoms with Gasteiger partial charge in [-0.3, -0.25) is 9.69 Å². The summed E-state index contributed by atoms with van der Waals surface area (Å²) in [5.74, 6) is -0.0706. The Balaban J connectivity index is 1.53. The van der Waals surface area contributed by atoms with E-state index in [-0.39, 0.29) is 28.4 Å². The fourth-order valence-corrected chi connectivity index (χ4v) is 5.15. The maximum atomic E-state index is 12.8. The summed E-state index contributed by atoms with van der Waals surface area (Å²) >= 11 is 6.06. The molecule has 8 heteroatoms. The maximum absolute atomic E-state index is 12.8. The predicted molar refractivity (Wildman–Crippen MR) is 110 cm³/mol. The van der Waals surface area contributed by atoms with Crippen LogP contribution in [0.3, 0.4) is 0 Å². The van der Waals surface area contributed by atoms with Crippen molar-refractivity contribution in [1.29, 1.82) is 0 Å². The van der Waals surface area contributed by atoms with Crippen LogP contribution >= 0.6 is 11.6 Å². The number of carbonyl (C=O) groups is 1. The number of hydrogen-bond donors (Lipinski definition) is 1. The summed E-state index contributed by atoms with van der Waals surface area (Å²) in [6, 6.07) is 16.1. The van der Waals surface area contributed by atoms with Gasteiger partial charge < -0.3 is 5.32 Å². The van der Waals surface area contributed by atoms with E-state index in [4.69, 9.17) is 11.6 Å². The van der Waals surface area contributed by atoms with E-state index in [1.807, 2.05) is 42.2 Å². The molecule has 0 unspecified atom stereocenters. The van der Waals surface area contributed by atoms with Crippen molar-refractivity contribution in [2.45, 2.75) is 17.9 Å².